The Morgan fingerprint density at radius 1 is 0.731 bits per heavy atom. The molecule has 3 aromatic rings. The number of nitrogens with one attached hydrogen (secondary N) is 1. The molecule has 0 spiro atoms. The van der Waals surface area contributed by atoms with Crippen LogP contribution in [0.15, 0.2) is 77.8 Å². The summed E-state index contributed by atoms with van der Waals surface area (Å²) in [5.41, 5.74) is 4.02. The monoisotopic (exact) mass is 346 g/mol. The summed E-state index contributed by atoms with van der Waals surface area (Å²) in [5.74, 6) is 2.41. The fourth-order valence-electron chi connectivity index (χ4n) is 2.47. The summed E-state index contributed by atoms with van der Waals surface area (Å²) in [6.07, 6.45) is 0. The quantitative estimate of drug-likeness (QED) is 0.510. The molecular weight excluding hydrogens is 324 g/mol. The molecule has 0 aliphatic rings. The lowest BCUT2D eigenvalue weighted by molar-refractivity contribution is 0.415. The number of benzene rings is 3. The lowest BCUT2D eigenvalue weighted by Gasteiger charge is -2.12. The maximum absolute atomic E-state index is 5.22. The highest BCUT2D eigenvalue weighted by atomic mass is 16.5. The van der Waals surface area contributed by atoms with E-state index >= 15 is 0 Å². The number of aryl methyl sites for hydroxylation is 1. The fraction of sp³-hybridized carbons (Fsp3) is 0.136. The van der Waals surface area contributed by atoms with E-state index in [0.717, 1.165) is 34.3 Å². The van der Waals surface area contributed by atoms with Crippen LogP contribution in [0.1, 0.15) is 11.1 Å². The molecule has 0 unspecified atom stereocenters. The van der Waals surface area contributed by atoms with Crippen LogP contribution < -0.4 is 14.8 Å². The molecule has 0 saturated carbocycles. The SMILES string of the molecule is COc1ccc(N=C(Nc2ccc(OC)cc2)c2ccc(C)cc2)cc1. The van der Waals surface area contributed by atoms with Gasteiger partial charge in [0.1, 0.15) is 17.3 Å². The van der Waals surface area contributed by atoms with Gasteiger partial charge >= 0.3 is 0 Å². The van der Waals surface area contributed by atoms with Crippen LogP contribution >= 0.6 is 0 Å². The summed E-state index contributed by atoms with van der Waals surface area (Å²) in [4.78, 5) is 4.79. The zero-order chi connectivity index (χ0) is 18.4. The Balaban J connectivity index is 1.94. The number of anilines is 1. The van der Waals surface area contributed by atoms with Crippen LogP contribution in [0.25, 0.3) is 0 Å². The van der Waals surface area contributed by atoms with Gasteiger partial charge in [0, 0.05) is 11.3 Å². The Kier molecular flexibility index (Phi) is 5.54. The van der Waals surface area contributed by atoms with Crippen LogP contribution in [0, 0.1) is 6.92 Å². The minimum absolute atomic E-state index is 0.778. The second-order valence-corrected chi connectivity index (χ2v) is 5.88. The normalized spacial score (nSPS) is 11.1. The van der Waals surface area contributed by atoms with Crippen LogP contribution in [0.2, 0.25) is 0 Å². The topological polar surface area (TPSA) is 42.8 Å². The molecule has 0 saturated heterocycles. The standard InChI is InChI=1S/C22H22N2O2/c1-16-4-6-17(7-5-16)22(23-18-8-12-20(25-2)13-9-18)24-19-10-14-21(26-3)15-11-19/h4-15H,1-3H3,(H,23,24). The van der Waals surface area contributed by atoms with E-state index in [-0.39, 0.29) is 0 Å². The maximum Gasteiger partial charge on any atom is 0.138 e. The van der Waals surface area contributed by atoms with Gasteiger partial charge in [0.05, 0.1) is 19.9 Å². The van der Waals surface area contributed by atoms with Crippen molar-refractivity contribution in [3.8, 4) is 11.5 Å². The van der Waals surface area contributed by atoms with E-state index in [4.69, 9.17) is 14.5 Å². The van der Waals surface area contributed by atoms with E-state index in [9.17, 15) is 0 Å². The van der Waals surface area contributed by atoms with Crippen molar-refractivity contribution in [2.24, 2.45) is 4.99 Å². The number of rotatable bonds is 5. The van der Waals surface area contributed by atoms with Gasteiger partial charge in [0.15, 0.2) is 0 Å². The number of hydrogen-bond donors (Lipinski definition) is 1. The maximum atomic E-state index is 5.22. The fourth-order valence-corrected chi connectivity index (χ4v) is 2.47. The third kappa shape index (κ3) is 4.42. The predicted molar refractivity (Wildman–Crippen MR) is 107 cm³/mol. The number of nitrogens with zero attached hydrogens (tertiary/aromatic N) is 1. The molecule has 0 aliphatic carbocycles. The summed E-state index contributed by atoms with van der Waals surface area (Å²) in [6, 6.07) is 23.7. The smallest absolute Gasteiger partial charge is 0.138 e. The predicted octanol–water partition coefficient (Wildman–Crippen LogP) is 5.20. The first kappa shape index (κ1) is 17.5. The highest BCUT2D eigenvalue weighted by Gasteiger charge is 2.06. The van der Waals surface area contributed by atoms with Crippen molar-refractivity contribution in [1.82, 2.24) is 0 Å². The van der Waals surface area contributed by atoms with Crippen molar-refractivity contribution in [2.45, 2.75) is 6.92 Å². The highest BCUT2D eigenvalue weighted by molar-refractivity contribution is 6.09. The van der Waals surface area contributed by atoms with Crippen molar-refractivity contribution >= 4 is 17.2 Å². The Morgan fingerprint density at radius 2 is 1.27 bits per heavy atom. The molecule has 0 atom stereocenters. The third-order valence-electron chi connectivity index (χ3n) is 3.99. The molecule has 3 aromatic carbocycles. The molecular formula is C22H22N2O2. The van der Waals surface area contributed by atoms with Gasteiger partial charge in [-0.15, -0.1) is 0 Å². The molecule has 26 heavy (non-hydrogen) atoms. The molecule has 0 bridgehead atoms. The van der Waals surface area contributed by atoms with E-state index in [2.05, 4.69) is 36.5 Å². The van der Waals surface area contributed by atoms with Gasteiger partial charge in [-0.3, -0.25) is 0 Å². The molecule has 0 aliphatic heterocycles. The van der Waals surface area contributed by atoms with Gasteiger partial charge in [0.25, 0.3) is 0 Å². The Morgan fingerprint density at radius 3 is 1.81 bits per heavy atom. The molecule has 0 fully saturated rings. The second kappa shape index (κ2) is 8.21. The molecule has 0 heterocycles. The summed E-state index contributed by atoms with van der Waals surface area (Å²) in [5, 5.41) is 3.41. The van der Waals surface area contributed by atoms with Gasteiger partial charge in [-0.2, -0.15) is 0 Å². The molecule has 0 aromatic heterocycles. The summed E-state index contributed by atoms with van der Waals surface area (Å²) >= 11 is 0. The Hall–Kier alpha value is -3.27. The van der Waals surface area contributed by atoms with Crippen molar-refractivity contribution in [2.75, 3.05) is 19.5 Å². The molecule has 4 nitrogen and oxygen atoms in total. The number of hydrogen-bond acceptors (Lipinski definition) is 3. The van der Waals surface area contributed by atoms with Crippen molar-refractivity contribution in [3.63, 3.8) is 0 Å². The molecule has 4 heteroatoms. The van der Waals surface area contributed by atoms with Crippen LogP contribution in [-0.2, 0) is 0 Å². The lowest BCUT2D eigenvalue weighted by Crippen LogP contribution is -2.13. The minimum Gasteiger partial charge on any atom is -0.497 e. The summed E-state index contributed by atoms with van der Waals surface area (Å²) in [6.45, 7) is 2.07. The van der Waals surface area contributed by atoms with Crippen LogP contribution in [-0.4, -0.2) is 20.1 Å². The summed E-state index contributed by atoms with van der Waals surface area (Å²) in [7, 11) is 3.31. The third-order valence-corrected chi connectivity index (χ3v) is 3.99. The highest BCUT2D eigenvalue weighted by Crippen LogP contribution is 2.21. The van der Waals surface area contributed by atoms with E-state index in [1.54, 1.807) is 14.2 Å². The van der Waals surface area contributed by atoms with E-state index in [1.807, 2.05) is 48.5 Å². The van der Waals surface area contributed by atoms with Crippen LogP contribution in [0.5, 0.6) is 11.5 Å². The van der Waals surface area contributed by atoms with Crippen molar-refractivity contribution in [1.29, 1.82) is 0 Å². The van der Waals surface area contributed by atoms with Crippen LogP contribution in [0.4, 0.5) is 11.4 Å². The molecule has 132 valence electrons. The first-order valence-corrected chi connectivity index (χ1v) is 8.39. The molecule has 0 amide bonds. The average molecular weight is 346 g/mol. The lowest BCUT2D eigenvalue weighted by atomic mass is 10.1. The number of ether oxygens (including phenoxy) is 2. The van der Waals surface area contributed by atoms with Gasteiger partial charge in [0.2, 0.25) is 0 Å². The first-order valence-electron chi connectivity index (χ1n) is 8.39. The van der Waals surface area contributed by atoms with E-state index in [1.165, 1.54) is 5.56 Å². The summed E-state index contributed by atoms with van der Waals surface area (Å²) < 4.78 is 10.4. The number of methoxy groups -OCH3 is 2. The zero-order valence-electron chi connectivity index (χ0n) is 15.2. The van der Waals surface area contributed by atoms with E-state index < -0.39 is 0 Å². The minimum atomic E-state index is 0.778. The molecule has 1 N–H and O–H groups in total. The Bertz CT molecular complexity index is 868. The van der Waals surface area contributed by atoms with E-state index in [0.29, 0.717) is 0 Å². The zero-order valence-corrected chi connectivity index (χ0v) is 15.2. The van der Waals surface area contributed by atoms with Gasteiger partial charge in [-0.05, 0) is 55.5 Å². The number of amidine groups is 1. The van der Waals surface area contributed by atoms with Crippen molar-refractivity contribution < 1.29 is 9.47 Å². The average Bonchev–Trinajstić information content (AvgIpc) is 2.69. The molecule has 0 radical (unpaired) electrons. The Labute approximate surface area is 154 Å². The largest absolute Gasteiger partial charge is 0.497 e. The van der Waals surface area contributed by atoms with Gasteiger partial charge < -0.3 is 14.8 Å². The second-order valence-electron chi connectivity index (χ2n) is 5.88. The van der Waals surface area contributed by atoms with Gasteiger partial charge in [-0.25, -0.2) is 4.99 Å². The number of aliphatic imine (C=N–C) groups is 1. The van der Waals surface area contributed by atoms with Crippen molar-refractivity contribution in [3.05, 3.63) is 83.9 Å². The van der Waals surface area contributed by atoms with Crippen LogP contribution in [0.3, 0.4) is 0 Å². The molecule has 3 rings (SSSR count). The first-order chi connectivity index (χ1) is 12.7. The van der Waals surface area contributed by atoms with Gasteiger partial charge in [-0.1, -0.05) is 29.8 Å².